The summed E-state index contributed by atoms with van der Waals surface area (Å²) >= 11 is 0. The van der Waals surface area contributed by atoms with Gasteiger partial charge in [-0.15, -0.1) is 0 Å². The number of rotatable bonds is 13. The third kappa shape index (κ3) is 5.77. The summed E-state index contributed by atoms with van der Waals surface area (Å²) in [5.41, 5.74) is 4.81. The first-order chi connectivity index (χ1) is 17.4. The van der Waals surface area contributed by atoms with Crippen LogP contribution in [0.15, 0.2) is 30.3 Å². The summed E-state index contributed by atoms with van der Waals surface area (Å²) in [6, 6.07) is 12.2. The zero-order valence-electron chi connectivity index (χ0n) is 23.7. The van der Waals surface area contributed by atoms with Crippen molar-refractivity contribution in [1.29, 1.82) is 0 Å². The second kappa shape index (κ2) is 12.7. The lowest BCUT2D eigenvalue weighted by atomic mass is 9.90. The Labute approximate surface area is 220 Å². The Morgan fingerprint density at radius 3 is 1.94 bits per heavy atom. The van der Waals surface area contributed by atoms with Crippen LogP contribution >= 0.6 is 0 Å². The molecule has 3 rings (SSSR count). The lowest BCUT2D eigenvalue weighted by Gasteiger charge is -2.33. The van der Waals surface area contributed by atoms with E-state index >= 15 is 0 Å². The summed E-state index contributed by atoms with van der Waals surface area (Å²) in [6.45, 7) is 13.3. The molecule has 0 aliphatic carbocycles. The van der Waals surface area contributed by atoms with Gasteiger partial charge in [-0.3, -0.25) is 0 Å². The second-order valence-electron chi connectivity index (χ2n) is 10.1. The van der Waals surface area contributed by atoms with Gasteiger partial charge < -0.3 is 18.6 Å². The molecule has 0 spiro atoms. The van der Waals surface area contributed by atoms with Crippen molar-refractivity contribution >= 4 is 14.4 Å². The normalized spacial score (nSPS) is 17.2. The van der Waals surface area contributed by atoms with Gasteiger partial charge in [0.1, 0.15) is 11.9 Å². The molecule has 0 radical (unpaired) electrons. The van der Waals surface area contributed by atoms with Crippen LogP contribution in [0.2, 0.25) is 18.1 Å². The maximum absolute atomic E-state index is 6.99. The van der Waals surface area contributed by atoms with Crippen LogP contribution in [0.4, 0.5) is 0 Å². The van der Waals surface area contributed by atoms with Crippen molar-refractivity contribution in [2.75, 3.05) is 14.2 Å². The molecule has 1 aliphatic rings. The largest absolute Gasteiger partial charge is 0.538 e. The van der Waals surface area contributed by atoms with Crippen LogP contribution < -0.4 is 18.6 Å². The molecule has 2 aromatic rings. The maximum Gasteiger partial charge on any atom is 0.251 e. The van der Waals surface area contributed by atoms with Crippen LogP contribution in [0.3, 0.4) is 0 Å². The number of ether oxygens (including phenoxy) is 3. The summed E-state index contributed by atoms with van der Waals surface area (Å²) < 4.78 is 25.5. The molecular formula is C31H46O4Si. The van der Waals surface area contributed by atoms with E-state index in [9.17, 15) is 0 Å². The zero-order valence-corrected chi connectivity index (χ0v) is 24.7. The van der Waals surface area contributed by atoms with Crippen LogP contribution in [0.5, 0.6) is 23.0 Å². The minimum atomic E-state index is -1.97. The average molecular weight is 511 g/mol. The van der Waals surface area contributed by atoms with E-state index < -0.39 is 8.32 Å². The molecule has 0 aromatic heterocycles. The van der Waals surface area contributed by atoms with Gasteiger partial charge in [-0.05, 0) is 66.9 Å². The highest BCUT2D eigenvalue weighted by Crippen LogP contribution is 2.51. The monoisotopic (exact) mass is 510 g/mol. The molecule has 1 heterocycles. The average Bonchev–Trinajstić information content (AvgIpc) is 3.20. The first kappa shape index (κ1) is 28.2. The molecule has 0 amide bonds. The zero-order chi connectivity index (χ0) is 26.3. The Morgan fingerprint density at radius 2 is 1.47 bits per heavy atom. The van der Waals surface area contributed by atoms with Crippen molar-refractivity contribution in [3.8, 4) is 23.0 Å². The highest BCUT2D eigenvalue weighted by molar-refractivity contribution is 6.74. The van der Waals surface area contributed by atoms with Crippen molar-refractivity contribution in [2.45, 2.75) is 97.4 Å². The molecule has 4 nitrogen and oxygen atoms in total. The molecule has 0 fully saturated rings. The third-order valence-electron chi connectivity index (χ3n) is 7.39. The lowest BCUT2D eigenvalue weighted by molar-refractivity contribution is 0.213. The van der Waals surface area contributed by atoms with E-state index in [1.165, 1.54) is 16.7 Å². The second-order valence-corrected chi connectivity index (χ2v) is 14.1. The molecule has 0 N–H and O–H groups in total. The summed E-state index contributed by atoms with van der Waals surface area (Å²) in [6.07, 6.45) is 8.49. The summed E-state index contributed by atoms with van der Waals surface area (Å²) in [5, 5.41) is 0. The molecule has 1 aliphatic heterocycles. The Hall–Kier alpha value is -2.40. The van der Waals surface area contributed by atoms with E-state index in [4.69, 9.17) is 18.6 Å². The number of benzene rings is 2. The van der Waals surface area contributed by atoms with Gasteiger partial charge >= 0.3 is 0 Å². The molecule has 5 heteroatoms. The Kier molecular flexibility index (Phi) is 9.95. The van der Waals surface area contributed by atoms with Gasteiger partial charge in [0.25, 0.3) is 8.32 Å². The van der Waals surface area contributed by atoms with Crippen molar-refractivity contribution in [1.82, 2.24) is 0 Å². The molecular weight excluding hydrogens is 464 g/mol. The van der Waals surface area contributed by atoms with Gasteiger partial charge in [0.15, 0.2) is 17.2 Å². The van der Waals surface area contributed by atoms with Gasteiger partial charge in [0, 0.05) is 17.0 Å². The van der Waals surface area contributed by atoms with Crippen LogP contribution in [0.25, 0.3) is 6.08 Å². The standard InChI is InChI=1S/C31H46O4Si/c1-9-14-23-18-24(13-5)30-26(19-23)22(6)29(34-30)25-20-27(32-7)31(28(21-25)33-8)35-36(15-10-2,16-11-3)17-12-4/h9,14,18-22,29H,10-13,15-17H2,1-8H3/b14-9+. The third-order valence-corrected chi connectivity index (χ3v) is 12.3. The van der Waals surface area contributed by atoms with Crippen molar-refractivity contribution in [3.63, 3.8) is 0 Å². The first-order valence-corrected chi connectivity index (χ1v) is 16.3. The van der Waals surface area contributed by atoms with Gasteiger partial charge in [0.2, 0.25) is 0 Å². The minimum Gasteiger partial charge on any atom is -0.538 e. The van der Waals surface area contributed by atoms with Crippen LogP contribution in [-0.4, -0.2) is 22.5 Å². The predicted octanol–water partition coefficient (Wildman–Crippen LogP) is 9.09. The number of hydrogen-bond acceptors (Lipinski definition) is 4. The van der Waals surface area contributed by atoms with Crippen molar-refractivity contribution < 1.29 is 18.6 Å². The molecule has 198 valence electrons. The quantitative estimate of drug-likeness (QED) is 0.252. The van der Waals surface area contributed by atoms with Gasteiger partial charge in [-0.2, -0.15) is 0 Å². The van der Waals surface area contributed by atoms with E-state index in [0.29, 0.717) is 0 Å². The Bertz CT molecular complexity index is 1000. The van der Waals surface area contributed by atoms with E-state index in [1.807, 2.05) is 0 Å². The molecule has 2 atom stereocenters. The highest BCUT2D eigenvalue weighted by Gasteiger charge is 2.38. The fourth-order valence-electron chi connectivity index (χ4n) is 5.80. The molecule has 2 unspecified atom stereocenters. The minimum absolute atomic E-state index is 0.105. The first-order valence-electron chi connectivity index (χ1n) is 13.8. The SMILES string of the molecule is C/C=C/c1cc(CC)c2c(c1)C(C)C(c1cc(OC)c(O[Si](CCC)(CCC)CCC)c(OC)c1)O2. The predicted molar refractivity (Wildman–Crippen MR) is 154 cm³/mol. The van der Waals surface area contributed by atoms with Gasteiger partial charge in [0.05, 0.1) is 14.2 Å². The molecule has 2 aromatic carbocycles. The molecule has 0 saturated heterocycles. The maximum atomic E-state index is 6.99. The number of fused-ring (bicyclic) bond motifs is 1. The number of hydrogen-bond donors (Lipinski definition) is 0. The number of allylic oxidation sites excluding steroid dienone is 1. The lowest BCUT2D eigenvalue weighted by Crippen LogP contribution is -2.41. The highest BCUT2D eigenvalue weighted by atomic mass is 28.4. The van der Waals surface area contributed by atoms with E-state index in [0.717, 1.165) is 72.4 Å². The van der Waals surface area contributed by atoms with Gasteiger partial charge in [-0.25, -0.2) is 0 Å². The summed E-state index contributed by atoms with van der Waals surface area (Å²) in [5.74, 6) is 3.48. The number of aryl methyl sites for hydroxylation is 1. The fraction of sp³-hybridized carbons (Fsp3) is 0.548. The topological polar surface area (TPSA) is 36.9 Å². The Morgan fingerprint density at radius 1 is 0.889 bits per heavy atom. The van der Waals surface area contributed by atoms with E-state index in [-0.39, 0.29) is 12.0 Å². The Balaban J connectivity index is 2.04. The van der Waals surface area contributed by atoms with Gasteiger partial charge in [-0.1, -0.05) is 66.0 Å². The van der Waals surface area contributed by atoms with Crippen molar-refractivity contribution in [3.05, 3.63) is 52.6 Å². The molecule has 36 heavy (non-hydrogen) atoms. The van der Waals surface area contributed by atoms with Crippen LogP contribution in [0, 0.1) is 0 Å². The molecule has 0 saturated carbocycles. The summed E-state index contributed by atoms with van der Waals surface area (Å²) in [7, 11) is 1.47. The fourth-order valence-corrected chi connectivity index (χ4v) is 10.2. The van der Waals surface area contributed by atoms with Crippen LogP contribution in [0.1, 0.15) is 95.1 Å². The van der Waals surface area contributed by atoms with E-state index in [2.05, 4.69) is 78.0 Å². The smallest absolute Gasteiger partial charge is 0.251 e. The van der Waals surface area contributed by atoms with Crippen LogP contribution in [-0.2, 0) is 6.42 Å². The van der Waals surface area contributed by atoms with Crippen molar-refractivity contribution in [2.24, 2.45) is 0 Å². The summed E-state index contributed by atoms with van der Waals surface area (Å²) in [4.78, 5) is 0. The van der Waals surface area contributed by atoms with E-state index in [1.54, 1.807) is 14.2 Å². The molecule has 0 bridgehead atoms. The number of methoxy groups -OCH3 is 2.